The van der Waals surface area contributed by atoms with Crippen LogP contribution in [0.5, 0.6) is 5.75 Å². The van der Waals surface area contributed by atoms with Crippen LogP contribution in [0.1, 0.15) is 34.1 Å². The predicted molar refractivity (Wildman–Crippen MR) is 143 cm³/mol. The van der Waals surface area contributed by atoms with Crippen LogP contribution in [0.25, 0.3) is 10.2 Å². The number of rotatable bonds is 12. The summed E-state index contributed by atoms with van der Waals surface area (Å²) in [7, 11) is 0. The molecule has 4 rings (SSSR count). The fourth-order valence-corrected chi connectivity index (χ4v) is 5.39. The van der Waals surface area contributed by atoms with Gasteiger partial charge in [-0.3, -0.25) is 14.4 Å². The Morgan fingerprint density at radius 3 is 2.24 bits per heavy atom. The van der Waals surface area contributed by atoms with Crippen LogP contribution in [-0.4, -0.2) is 45.9 Å². The first-order valence-electron chi connectivity index (χ1n) is 12.0. The number of primary amides is 1. The van der Waals surface area contributed by atoms with E-state index >= 15 is 0 Å². The number of ketones is 1. The summed E-state index contributed by atoms with van der Waals surface area (Å²) in [5, 5.41) is 14.1. The number of ether oxygens (including phenoxy) is 1. The van der Waals surface area contributed by atoms with Crippen LogP contribution < -0.4 is 15.8 Å². The van der Waals surface area contributed by atoms with Gasteiger partial charge in [0.05, 0.1) is 10.9 Å². The lowest BCUT2D eigenvalue weighted by Crippen LogP contribution is -2.44. The average Bonchev–Trinajstić information content (AvgIpc) is 3.45. The van der Waals surface area contributed by atoms with Gasteiger partial charge in [0.2, 0.25) is 0 Å². The fraction of sp³-hybridized carbons (Fsp3) is 0.214. The maximum atomic E-state index is 12.9. The predicted octanol–water partition coefficient (Wildman–Crippen LogP) is 3.17. The van der Waals surface area contributed by atoms with Crippen molar-refractivity contribution in [2.24, 2.45) is 5.73 Å². The molecule has 196 valence electrons. The second-order valence-electron chi connectivity index (χ2n) is 8.66. The van der Waals surface area contributed by atoms with E-state index in [4.69, 9.17) is 10.5 Å². The summed E-state index contributed by atoms with van der Waals surface area (Å²) < 4.78 is 7.73. The molecular formula is C28H27N3O6S. The molecule has 0 saturated carbocycles. The second-order valence-corrected chi connectivity index (χ2v) is 9.52. The lowest BCUT2D eigenvalue weighted by atomic mass is 10.1. The van der Waals surface area contributed by atoms with E-state index in [1.54, 1.807) is 29.6 Å². The number of fused-ring (bicyclic) bond motifs is 1. The first-order valence-corrected chi connectivity index (χ1v) is 12.9. The summed E-state index contributed by atoms with van der Waals surface area (Å²) >= 11 is 1.32. The summed E-state index contributed by atoms with van der Waals surface area (Å²) in [6.07, 6.45) is 0.576. The minimum Gasteiger partial charge on any atom is -0.482 e. The molecule has 0 radical (unpaired) electrons. The van der Waals surface area contributed by atoms with Gasteiger partial charge in [0, 0.05) is 24.0 Å². The molecule has 0 unspecified atom stereocenters. The number of amides is 2. The molecule has 0 aliphatic heterocycles. The molecule has 9 nitrogen and oxygen atoms in total. The van der Waals surface area contributed by atoms with Crippen LogP contribution >= 0.6 is 11.3 Å². The smallest absolute Gasteiger partial charge is 0.326 e. The Morgan fingerprint density at radius 1 is 1.03 bits per heavy atom. The zero-order chi connectivity index (χ0) is 27.2. The average molecular weight is 534 g/mol. The molecule has 0 fully saturated rings. The van der Waals surface area contributed by atoms with Gasteiger partial charge in [-0.15, -0.1) is 11.3 Å². The molecule has 2 amide bonds. The third kappa shape index (κ3) is 5.76. The van der Waals surface area contributed by atoms with Crippen molar-refractivity contribution in [1.82, 2.24) is 9.88 Å². The molecule has 2 heterocycles. The Hall–Kier alpha value is -4.44. The summed E-state index contributed by atoms with van der Waals surface area (Å²) in [5.41, 5.74) is 7.95. The fourth-order valence-electron chi connectivity index (χ4n) is 4.37. The third-order valence-electron chi connectivity index (χ3n) is 6.09. The topological polar surface area (TPSA) is 141 Å². The van der Waals surface area contributed by atoms with Gasteiger partial charge in [0.15, 0.2) is 6.61 Å². The van der Waals surface area contributed by atoms with Gasteiger partial charge < -0.3 is 25.5 Å². The van der Waals surface area contributed by atoms with Crippen molar-refractivity contribution in [2.75, 3.05) is 6.61 Å². The SMILES string of the molecule is CCc1c(C(=O)C(N)=O)c2c(OCC(=O)N[C@@H](Cc3ccccc3)C(=O)O)csc2n1Cc1ccccc1. The van der Waals surface area contributed by atoms with Gasteiger partial charge in [-0.05, 0) is 17.5 Å². The summed E-state index contributed by atoms with van der Waals surface area (Å²) in [4.78, 5) is 49.9. The molecular weight excluding hydrogens is 506 g/mol. The Labute approximate surface area is 222 Å². The number of hydrogen-bond donors (Lipinski definition) is 3. The molecule has 10 heteroatoms. The summed E-state index contributed by atoms with van der Waals surface area (Å²) in [6.45, 7) is 1.87. The number of carboxylic acids is 1. The summed E-state index contributed by atoms with van der Waals surface area (Å²) in [6, 6.07) is 17.5. The third-order valence-corrected chi connectivity index (χ3v) is 7.07. The number of thiophene rings is 1. The number of nitrogens with two attached hydrogens (primary N) is 1. The molecule has 2 aromatic carbocycles. The number of benzene rings is 2. The monoisotopic (exact) mass is 533 g/mol. The van der Waals surface area contributed by atoms with Crippen LogP contribution in [0.2, 0.25) is 0 Å². The van der Waals surface area contributed by atoms with Gasteiger partial charge in [0.25, 0.3) is 17.6 Å². The molecule has 4 N–H and O–H groups in total. The summed E-state index contributed by atoms with van der Waals surface area (Å²) in [5.74, 6) is -3.46. The van der Waals surface area contributed by atoms with Gasteiger partial charge >= 0.3 is 5.97 Å². The van der Waals surface area contributed by atoms with Gasteiger partial charge in [-0.2, -0.15) is 0 Å². The number of carbonyl (C=O) groups excluding carboxylic acids is 3. The van der Waals surface area contributed by atoms with Crippen LogP contribution in [0.3, 0.4) is 0 Å². The number of Topliss-reactive ketones (excluding diaryl/α,β-unsaturated/α-hetero) is 1. The second kappa shape index (κ2) is 11.7. The first-order chi connectivity index (χ1) is 18.3. The lowest BCUT2D eigenvalue weighted by Gasteiger charge is -2.15. The Balaban J connectivity index is 1.60. The van der Waals surface area contributed by atoms with Crippen molar-refractivity contribution in [3.8, 4) is 5.75 Å². The lowest BCUT2D eigenvalue weighted by molar-refractivity contribution is -0.142. The molecule has 0 aliphatic rings. The van der Waals surface area contributed by atoms with Gasteiger partial charge in [0.1, 0.15) is 16.6 Å². The quantitative estimate of drug-likeness (QED) is 0.189. The highest BCUT2D eigenvalue weighted by atomic mass is 32.1. The Kier molecular flexibility index (Phi) is 8.22. The van der Waals surface area contributed by atoms with E-state index in [1.165, 1.54) is 11.3 Å². The number of nitrogens with zero attached hydrogens (tertiary/aromatic N) is 1. The van der Waals surface area contributed by atoms with E-state index in [9.17, 15) is 24.3 Å². The number of hydrogen-bond acceptors (Lipinski definition) is 6. The molecule has 0 spiro atoms. The Morgan fingerprint density at radius 2 is 1.66 bits per heavy atom. The van der Waals surface area contributed by atoms with Crippen molar-refractivity contribution in [3.63, 3.8) is 0 Å². The van der Waals surface area contributed by atoms with Crippen molar-refractivity contribution in [1.29, 1.82) is 0 Å². The highest BCUT2D eigenvalue weighted by Gasteiger charge is 2.29. The van der Waals surface area contributed by atoms with E-state index in [2.05, 4.69) is 5.32 Å². The van der Waals surface area contributed by atoms with Crippen molar-refractivity contribution in [2.45, 2.75) is 32.4 Å². The molecule has 38 heavy (non-hydrogen) atoms. The van der Waals surface area contributed by atoms with Gasteiger partial charge in [-0.25, -0.2) is 4.79 Å². The van der Waals surface area contributed by atoms with E-state index in [0.717, 1.165) is 11.1 Å². The standard InChI is InChI=1S/C28H27N3O6S/c1-2-20-23(25(33)26(29)34)24-21(16-38-27(24)31(20)14-18-11-7-4-8-12-18)37-15-22(32)30-19(28(35)36)13-17-9-5-3-6-10-17/h3-12,16,19H,2,13-15H2,1H3,(H2,29,34)(H,30,32)(H,35,36)/t19-/m0/s1. The van der Waals surface area contributed by atoms with Crippen LogP contribution in [0, 0.1) is 0 Å². The first kappa shape index (κ1) is 26.6. The van der Waals surface area contributed by atoms with Crippen LogP contribution in [-0.2, 0) is 33.8 Å². The number of aliphatic carboxylic acids is 1. The molecule has 2 aromatic heterocycles. The number of nitrogens with one attached hydrogen (secondary N) is 1. The number of carboxylic acid groups (broad SMARTS) is 1. The Bertz CT molecular complexity index is 1480. The van der Waals surface area contributed by atoms with Crippen LogP contribution in [0.4, 0.5) is 0 Å². The normalized spacial score (nSPS) is 11.7. The zero-order valence-electron chi connectivity index (χ0n) is 20.7. The van der Waals surface area contributed by atoms with Crippen molar-refractivity contribution >= 4 is 45.1 Å². The molecule has 1 atom stereocenters. The maximum Gasteiger partial charge on any atom is 0.326 e. The maximum absolute atomic E-state index is 12.9. The van der Waals surface area contributed by atoms with E-state index in [1.807, 2.05) is 47.9 Å². The minimum absolute atomic E-state index is 0.115. The highest BCUT2D eigenvalue weighted by Crippen LogP contribution is 2.40. The van der Waals surface area contributed by atoms with E-state index in [0.29, 0.717) is 28.9 Å². The minimum atomic E-state index is -1.17. The molecule has 0 saturated heterocycles. The number of aromatic nitrogens is 1. The number of carbonyl (C=O) groups is 4. The highest BCUT2D eigenvalue weighted by molar-refractivity contribution is 7.17. The van der Waals surface area contributed by atoms with Crippen LogP contribution in [0.15, 0.2) is 66.0 Å². The largest absolute Gasteiger partial charge is 0.482 e. The van der Waals surface area contributed by atoms with Crippen molar-refractivity contribution in [3.05, 3.63) is 88.4 Å². The van der Waals surface area contributed by atoms with E-state index < -0.39 is 36.2 Å². The molecule has 0 bridgehead atoms. The van der Waals surface area contributed by atoms with Gasteiger partial charge in [-0.1, -0.05) is 67.6 Å². The van der Waals surface area contributed by atoms with E-state index in [-0.39, 0.29) is 17.7 Å². The molecule has 0 aliphatic carbocycles. The van der Waals surface area contributed by atoms with Crippen molar-refractivity contribution < 1.29 is 29.0 Å². The molecule has 4 aromatic rings. The zero-order valence-corrected chi connectivity index (χ0v) is 21.5.